The topological polar surface area (TPSA) is 0 Å². The van der Waals surface area contributed by atoms with Gasteiger partial charge in [0.1, 0.15) is 5.82 Å². The van der Waals surface area contributed by atoms with E-state index in [-0.39, 0.29) is 5.82 Å². The molecule has 4 rings (SSSR count). The van der Waals surface area contributed by atoms with Crippen LogP contribution in [0.25, 0.3) is 0 Å². The van der Waals surface area contributed by atoms with Crippen LogP contribution in [-0.2, 0) is 0 Å². The van der Waals surface area contributed by atoms with E-state index < -0.39 is 0 Å². The van der Waals surface area contributed by atoms with E-state index in [2.05, 4.69) is 19.1 Å². The number of rotatable bonds is 3. The van der Waals surface area contributed by atoms with Gasteiger partial charge in [0.2, 0.25) is 0 Å². The molecule has 3 aliphatic rings. The van der Waals surface area contributed by atoms with Crippen LogP contribution in [0.1, 0.15) is 82.6 Å². The Balaban J connectivity index is 1.30. The van der Waals surface area contributed by atoms with Gasteiger partial charge in [-0.1, -0.05) is 24.3 Å². The first-order valence-corrected chi connectivity index (χ1v) is 11.1. The van der Waals surface area contributed by atoms with Crippen molar-refractivity contribution in [1.82, 2.24) is 0 Å². The monoisotopic (exact) mass is 354 g/mol. The Labute approximate surface area is 159 Å². The van der Waals surface area contributed by atoms with Crippen molar-refractivity contribution in [3.8, 4) is 0 Å². The number of fused-ring (bicyclic) bond motifs is 1. The molecule has 4 unspecified atom stereocenters. The quantitative estimate of drug-likeness (QED) is 0.493. The third kappa shape index (κ3) is 4.07. The van der Waals surface area contributed by atoms with Crippen LogP contribution in [0.5, 0.6) is 0 Å². The fourth-order valence-corrected chi connectivity index (χ4v) is 6.47. The van der Waals surface area contributed by atoms with Crippen LogP contribution in [0.4, 0.5) is 4.39 Å². The highest BCUT2D eigenvalue weighted by molar-refractivity contribution is 5.21. The minimum Gasteiger partial charge on any atom is -0.207 e. The molecule has 4 atom stereocenters. The molecule has 0 heterocycles. The van der Waals surface area contributed by atoms with E-state index in [0.29, 0.717) is 5.92 Å². The molecule has 142 valence electrons. The Morgan fingerprint density at radius 2 is 1.31 bits per heavy atom. The average Bonchev–Trinajstić information content (AvgIpc) is 2.69. The smallest absolute Gasteiger partial charge is 0.123 e. The summed E-state index contributed by atoms with van der Waals surface area (Å²) in [4.78, 5) is 0. The first-order chi connectivity index (χ1) is 12.7. The van der Waals surface area contributed by atoms with Crippen LogP contribution >= 0.6 is 0 Å². The van der Waals surface area contributed by atoms with Crippen molar-refractivity contribution < 1.29 is 4.39 Å². The standard InChI is InChI=1S/C25H35F/c1-2-3-18-4-6-19(7-5-18)21-8-10-24-17-22(9-11-23(24)16-21)20-12-14-25(26)15-13-20/h2-3,12-15,18-19,21-24H,4-11,16-17H2,1H3/b3-2+. The van der Waals surface area contributed by atoms with Gasteiger partial charge in [-0.25, -0.2) is 4.39 Å². The average molecular weight is 355 g/mol. The number of benzene rings is 1. The van der Waals surface area contributed by atoms with Crippen molar-refractivity contribution >= 4 is 0 Å². The summed E-state index contributed by atoms with van der Waals surface area (Å²) in [6.07, 6.45) is 18.9. The fourth-order valence-electron chi connectivity index (χ4n) is 6.47. The van der Waals surface area contributed by atoms with Crippen LogP contribution in [0.3, 0.4) is 0 Å². The summed E-state index contributed by atoms with van der Waals surface area (Å²) in [7, 11) is 0. The van der Waals surface area contributed by atoms with E-state index in [1.165, 1.54) is 69.8 Å². The molecule has 0 spiro atoms. The zero-order valence-corrected chi connectivity index (χ0v) is 16.4. The maximum atomic E-state index is 13.2. The number of halogens is 1. The molecule has 3 aliphatic carbocycles. The maximum absolute atomic E-state index is 13.2. The van der Waals surface area contributed by atoms with Crippen LogP contribution in [0.15, 0.2) is 36.4 Å². The zero-order chi connectivity index (χ0) is 17.9. The lowest BCUT2D eigenvalue weighted by atomic mass is 9.60. The number of hydrogen-bond donors (Lipinski definition) is 0. The van der Waals surface area contributed by atoms with Gasteiger partial charge in [0.15, 0.2) is 0 Å². The maximum Gasteiger partial charge on any atom is 0.123 e. The second-order valence-electron chi connectivity index (χ2n) is 9.36. The third-order valence-electron chi connectivity index (χ3n) is 7.94. The molecule has 0 radical (unpaired) electrons. The van der Waals surface area contributed by atoms with Crippen molar-refractivity contribution in [3.63, 3.8) is 0 Å². The Bertz CT molecular complexity index is 593. The highest BCUT2D eigenvalue weighted by atomic mass is 19.1. The Kier molecular flexibility index (Phi) is 5.81. The molecule has 3 fully saturated rings. The van der Waals surface area contributed by atoms with Crippen molar-refractivity contribution in [2.24, 2.45) is 29.6 Å². The van der Waals surface area contributed by atoms with Crippen LogP contribution < -0.4 is 0 Å². The minimum atomic E-state index is -0.105. The van der Waals surface area contributed by atoms with Gasteiger partial charge < -0.3 is 0 Å². The summed E-state index contributed by atoms with van der Waals surface area (Å²) in [5.74, 6) is 5.33. The largest absolute Gasteiger partial charge is 0.207 e. The molecule has 0 saturated heterocycles. The van der Waals surface area contributed by atoms with Crippen molar-refractivity contribution in [2.75, 3.05) is 0 Å². The summed E-state index contributed by atoms with van der Waals surface area (Å²) >= 11 is 0. The first kappa shape index (κ1) is 18.3. The van der Waals surface area contributed by atoms with Crippen LogP contribution in [0, 0.1) is 35.4 Å². The highest BCUT2D eigenvalue weighted by Crippen LogP contribution is 2.50. The van der Waals surface area contributed by atoms with Gasteiger partial charge in [-0.05, 0) is 124 Å². The number of hydrogen-bond acceptors (Lipinski definition) is 0. The van der Waals surface area contributed by atoms with Crippen molar-refractivity contribution in [3.05, 3.63) is 47.8 Å². The molecule has 26 heavy (non-hydrogen) atoms. The lowest BCUT2D eigenvalue weighted by Crippen LogP contribution is -2.34. The van der Waals surface area contributed by atoms with Gasteiger partial charge in [-0.15, -0.1) is 0 Å². The molecule has 0 amide bonds. The van der Waals surface area contributed by atoms with Gasteiger partial charge in [-0.3, -0.25) is 0 Å². The molecule has 0 bridgehead atoms. The molecule has 1 heteroatoms. The third-order valence-corrected chi connectivity index (χ3v) is 7.94. The van der Waals surface area contributed by atoms with Gasteiger partial charge in [-0.2, -0.15) is 0 Å². The highest BCUT2D eigenvalue weighted by Gasteiger charge is 2.38. The lowest BCUT2D eigenvalue weighted by molar-refractivity contribution is 0.0748. The predicted molar refractivity (Wildman–Crippen MR) is 108 cm³/mol. The summed E-state index contributed by atoms with van der Waals surface area (Å²) in [6.45, 7) is 2.16. The van der Waals surface area contributed by atoms with E-state index in [4.69, 9.17) is 0 Å². The minimum absolute atomic E-state index is 0.105. The molecule has 1 aromatic rings. The SMILES string of the molecule is C/C=C/C1CCC(C2CCC3CC(c4ccc(F)cc4)CCC3C2)CC1. The van der Waals surface area contributed by atoms with E-state index >= 15 is 0 Å². The Morgan fingerprint density at radius 1 is 0.731 bits per heavy atom. The van der Waals surface area contributed by atoms with Gasteiger partial charge >= 0.3 is 0 Å². The Hall–Kier alpha value is -1.11. The van der Waals surface area contributed by atoms with E-state index in [1.54, 1.807) is 12.1 Å². The molecule has 0 nitrogen and oxygen atoms in total. The van der Waals surface area contributed by atoms with E-state index in [9.17, 15) is 4.39 Å². The van der Waals surface area contributed by atoms with Gasteiger partial charge in [0, 0.05) is 0 Å². The van der Waals surface area contributed by atoms with Crippen LogP contribution in [-0.4, -0.2) is 0 Å². The molecular weight excluding hydrogens is 319 g/mol. The summed E-state index contributed by atoms with van der Waals surface area (Å²) < 4.78 is 13.2. The lowest BCUT2D eigenvalue weighted by Gasteiger charge is -2.45. The molecule has 3 saturated carbocycles. The molecular formula is C25H35F. The summed E-state index contributed by atoms with van der Waals surface area (Å²) in [5.41, 5.74) is 1.37. The van der Waals surface area contributed by atoms with Crippen LogP contribution in [0.2, 0.25) is 0 Å². The second-order valence-corrected chi connectivity index (χ2v) is 9.36. The van der Waals surface area contributed by atoms with E-state index in [0.717, 1.165) is 29.6 Å². The summed E-state index contributed by atoms with van der Waals surface area (Å²) in [6, 6.07) is 7.33. The van der Waals surface area contributed by atoms with Crippen molar-refractivity contribution in [1.29, 1.82) is 0 Å². The number of allylic oxidation sites excluding steroid dienone is 2. The fraction of sp³-hybridized carbons (Fsp3) is 0.680. The van der Waals surface area contributed by atoms with Gasteiger partial charge in [0.05, 0.1) is 0 Å². The van der Waals surface area contributed by atoms with Crippen molar-refractivity contribution in [2.45, 2.75) is 77.0 Å². The molecule has 1 aromatic carbocycles. The second kappa shape index (κ2) is 8.28. The molecule has 0 N–H and O–H groups in total. The Morgan fingerprint density at radius 3 is 2.00 bits per heavy atom. The van der Waals surface area contributed by atoms with Gasteiger partial charge in [0.25, 0.3) is 0 Å². The normalized spacial score (nSPS) is 38.2. The zero-order valence-electron chi connectivity index (χ0n) is 16.4. The predicted octanol–water partition coefficient (Wildman–Crippen LogP) is 7.51. The molecule has 0 aromatic heterocycles. The first-order valence-electron chi connectivity index (χ1n) is 11.1. The van der Waals surface area contributed by atoms with E-state index in [1.807, 2.05) is 12.1 Å². The summed E-state index contributed by atoms with van der Waals surface area (Å²) in [5, 5.41) is 0. The molecule has 0 aliphatic heterocycles.